The molecule has 0 aromatic heterocycles. The Hall–Kier alpha value is -1.50. The molecule has 0 aromatic rings. The summed E-state index contributed by atoms with van der Waals surface area (Å²) < 4.78 is 67.3. The molecule has 6 aliphatic heterocycles. The topological polar surface area (TPSA) is 495 Å². The molecule has 19 N–H and O–H groups in total. The fourth-order valence-corrected chi connectivity index (χ4v) is 8.44. The van der Waals surface area contributed by atoms with Crippen molar-refractivity contribution in [1.29, 1.82) is 0 Å². The maximum absolute atomic E-state index is 11.4. The molecule has 31 heteroatoms. The van der Waals surface area contributed by atoms with Crippen molar-refractivity contribution in [1.82, 2.24) is 0 Å². The highest BCUT2D eigenvalue weighted by Crippen LogP contribution is 2.34. The molecule has 30 atom stereocenters. The molecule has 6 saturated heterocycles. The Morgan fingerprint density at radius 3 is 0.900 bits per heavy atom. The van der Waals surface area contributed by atoms with E-state index in [2.05, 4.69) is 6.58 Å². The quantitative estimate of drug-likeness (QED) is 0.0534. The Bertz CT molecular complexity index is 1580. The van der Waals surface area contributed by atoms with Gasteiger partial charge in [0.2, 0.25) is 0 Å². The minimum absolute atomic E-state index is 0.243. The third-order valence-electron chi connectivity index (χ3n) is 12.7. The van der Waals surface area contributed by atoms with E-state index in [1.807, 2.05) is 0 Å². The van der Waals surface area contributed by atoms with E-state index in [1.165, 1.54) is 6.08 Å². The first-order valence-corrected chi connectivity index (χ1v) is 22.2. The molecule has 0 amide bonds. The van der Waals surface area contributed by atoms with Crippen LogP contribution < -0.4 is 0 Å². The van der Waals surface area contributed by atoms with Gasteiger partial charge in [0.05, 0.1) is 46.2 Å². The van der Waals surface area contributed by atoms with E-state index >= 15 is 0 Å². The molecule has 6 aliphatic rings. The zero-order valence-electron chi connectivity index (χ0n) is 37.0. The highest BCUT2D eigenvalue weighted by atomic mass is 16.8. The van der Waals surface area contributed by atoms with Crippen LogP contribution in [0.3, 0.4) is 0 Å². The van der Waals surface area contributed by atoms with Crippen molar-refractivity contribution in [2.75, 3.05) is 46.2 Å². The summed E-state index contributed by atoms with van der Waals surface area (Å²) in [4.78, 5) is 0. The van der Waals surface area contributed by atoms with Crippen LogP contribution in [0, 0.1) is 0 Å². The van der Waals surface area contributed by atoms with E-state index < -0.39 is 224 Å². The highest BCUT2D eigenvalue weighted by molar-refractivity contribution is 4.98. The van der Waals surface area contributed by atoms with Crippen LogP contribution in [0.25, 0.3) is 0 Å². The van der Waals surface area contributed by atoms with Crippen molar-refractivity contribution in [2.24, 2.45) is 0 Å². The number of rotatable bonds is 19. The Morgan fingerprint density at radius 2 is 0.557 bits per heavy atom. The van der Waals surface area contributed by atoms with Crippen LogP contribution in [0.2, 0.25) is 0 Å². The summed E-state index contributed by atoms with van der Waals surface area (Å²) >= 11 is 0. The molecule has 0 saturated carbocycles. The van der Waals surface area contributed by atoms with Gasteiger partial charge in [-0.25, -0.2) is 0 Å². The van der Waals surface area contributed by atoms with Gasteiger partial charge in [0.1, 0.15) is 146 Å². The Labute approximate surface area is 396 Å². The van der Waals surface area contributed by atoms with Gasteiger partial charge in [-0.15, -0.1) is 6.58 Å². The summed E-state index contributed by atoms with van der Waals surface area (Å²) in [5, 5.41) is 199. The fraction of sp³-hybridized carbons (Fsp3) is 0.949. The summed E-state index contributed by atoms with van der Waals surface area (Å²) in [6.45, 7) is -1.66. The molecular weight excluding hydrogens is 964 g/mol. The molecule has 0 bridgehead atoms. The number of hydrogen-bond acceptors (Lipinski definition) is 31. The Morgan fingerprint density at radius 1 is 0.300 bits per heavy atom. The zero-order valence-corrected chi connectivity index (χ0v) is 37.0. The number of hydrogen-bond donors (Lipinski definition) is 19. The monoisotopic (exact) mass is 1030 g/mol. The molecule has 0 aliphatic carbocycles. The van der Waals surface area contributed by atoms with Gasteiger partial charge >= 0.3 is 0 Å². The SMILES string of the molecule is C=CCO[C@H]1O[C@H](CO[C@H]2O[C@H](CO[C@H]3O[C@H](CO[C@H]4O[C@H](CO)[C@@H](O)[C@H](O)[C@@H]4O)[C@@H](O)[C@H](O)[C@@H]3O[C@H]3O[C@H](CO)[C@@H](O)[C@H](O)[C@@H]3O)[C@@H](O)[C@H](O)[C@@H]2O)[C@@H](O)[C@H](O)[C@@H]1O[C@H]1O[C@H](CO)[C@@H](O)[C@H](O)[C@@H]1O. The summed E-state index contributed by atoms with van der Waals surface area (Å²) in [5.74, 6) is 0. The predicted octanol–water partition coefficient (Wildman–Crippen LogP) is -12.9. The molecule has 0 unspecified atom stereocenters. The van der Waals surface area contributed by atoms with Crippen LogP contribution in [0.4, 0.5) is 0 Å². The molecule has 0 aromatic carbocycles. The summed E-state index contributed by atoms with van der Waals surface area (Å²) in [5.41, 5.74) is 0. The van der Waals surface area contributed by atoms with Crippen molar-refractivity contribution in [2.45, 2.75) is 184 Å². The average molecular weight is 1030 g/mol. The van der Waals surface area contributed by atoms with Crippen molar-refractivity contribution in [3.8, 4) is 0 Å². The summed E-state index contributed by atoms with van der Waals surface area (Å²) in [6.07, 6.45) is -53.5. The normalized spacial score (nSPS) is 51.5. The molecule has 6 heterocycles. The molecule has 70 heavy (non-hydrogen) atoms. The average Bonchev–Trinajstić information content (AvgIpc) is 3.35. The minimum Gasteiger partial charge on any atom is -0.394 e. The Kier molecular flexibility index (Phi) is 20.9. The largest absolute Gasteiger partial charge is 0.394 e. The van der Waals surface area contributed by atoms with Gasteiger partial charge in [0, 0.05) is 0 Å². The maximum Gasteiger partial charge on any atom is 0.187 e. The van der Waals surface area contributed by atoms with Crippen molar-refractivity contribution in [3.63, 3.8) is 0 Å². The third kappa shape index (κ3) is 12.4. The maximum atomic E-state index is 11.4. The standard InChI is InChI=1S/C39H66O31/c1-2-3-59-38-32(69-36-30(57)23(50)17(44)11(5-41)64-36)26(53)20(47)14(67-38)7-61-35-29(56)25(52)19(46)13(66-35)9-62-39-33(70-37-31(58)24(51)18(45)12(6-42)65-37)27(54)21(48)15(68-39)8-60-34-28(55)22(49)16(43)10(4-40)63-34/h2,10-58H,1,3-9H2/t10-,11-,12-,13-,14-,15-,16-,17-,18-,19-,20-,21-,22+,23+,24+,25+,26+,27+,28+,29+,30+,31+,32+,33+,34+,35+,36-,37-,38+,39+/m1/s1. The van der Waals surface area contributed by atoms with E-state index in [9.17, 15) is 97.0 Å². The van der Waals surface area contributed by atoms with Crippen LogP contribution >= 0.6 is 0 Å². The second-order valence-electron chi connectivity index (χ2n) is 17.5. The number of aliphatic hydroxyl groups excluding tert-OH is 19. The lowest BCUT2D eigenvalue weighted by atomic mass is 9.96. The lowest BCUT2D eigenvalue weighted by molar-refractivity contribution is -0.379. The number of ether oxygens (including phenoxy) is 12. The van der Waals surface area contributed by atoms with E-state index in [-0.39, 0.29) is 6.61 Å². The van der Waals surface area contributed by atoms with Gasteiger partial charge in [-0.2, -0.15) is 0 Å². The first kappa shape index (κ1) is 57.8. The Balaban J connectivity index is 1.14. The minimum atomic E-state index is -2.10. The molecule has 408 valence electrons. The van der Waals surface area contributed by atoms with Gasteiger partial charge in [0.25, 0.3) is 0 Å². The van der Waals surface area contributed by atoms with E-state index in [0.717, 1.165) is 0 Å². The summed E-state index contributed by atoms with van der Waals surface area (Å²) in [7, 11) is 0. The van der Waals surface area contributed by atoms with Crippen LogP contribution in [0.15, 0.2) is 12.7 Å². The van der Waals surface area contributed by atoms with Gasteiger partial charge in [-0.1, -0.05) is 6.08 Å². The second kappa shape index (κ2) is 25.4. The van der Waals surface area contributed by atoms with Crippen LogP contribution in [-0.2, 0) is 56.8 Å². The predicted molar refractivity (Wildman–Crippen MR) is 213 cm³/mol. The van der Waals surface area contributed by atoms with Crippen LogP contribution in [-0.4, -0.2) is 328 Å². The van der Waals surface area contributed by atoms with Gasteiger partial charge < -0.3 is 154 Å². The molecule has 31 nitrogen and oxygen atoms in total. The van der Waals surface area contributed by atoms with Crippen LogP contribution in [0.5, 0.6) is 0 Å². The third-order valence-corrected chi connectivity index (χ3v) is 12.7. The van der Waals surface area contributed by atoms with E-state index in [4.69, 9.17) is 56.8 Å². The van der Waals surface area contributed by atoms with Crippen molar-refractivity contribution >= 4 is 0 Å². The molecular formula is C39H66O31. The van der Waals surface area contributed by atoms with Crippen LogP contribution in [0.1, 0.15) is 0 Å². The summed E-state index contributed by atoms with van der Waals surface area (Å²) in [6, 6.07) is 0. The lowest BCUT2D eigenvalue weighted by Crippen LogP contribution is -2.66. The zero-order chi connectivity index (χ0) is 51.5. The molecule has 0 radical (unpaired) electrons. The fourth-order valence-electron chi connectivity index (χ4n) is 8.44. The van der Waals surface area contributed by atoms with Crippen molar-refractivity contribution in [3.05, 3.63) is 12.7 Å². The highest BCUT2D eigenvalue weighted by Gasteiger charge is 2.55. The molecule has 6 fully saturated rings. The molecule has 0 spiro atoms. The van der Waals surface area contributed by atoms with E-state index in [1.54, 1.807) is 0 Å². The van der Waals surface area contributed by atoms with Crippen molar-refractivity contribution < 1.29 is 154 Å². The second-order valence-corrected chi connectivity index (χ2v) is 17.5. The van der Waals surface area contributed by atoms with Gasteiger partial charge in [-0.3, -0.25) is 0 Å². The first-order chi connectivity index (χ1) is 33.2. The van der Waals surface area contributed by atoms with Gasteiger partial charge in [-0.05, 0) is 0 Å². The smallest absolute Gasteiger partial charge is 0.187 e. The van der Waals surface area contributed by atoms with Gasteiger partial charge in [0.15, 0.2) is 37.7 Å². The van der Waals surface area contributed by atoms with E-state index in [0.29, 0.717) is 0 Å². The number of aliphatic hydroxyl groups is 19. The lowest BCUT2D eigenvalue weighted by Gasteiger charge is -2.47. The first-order valence-electron chi connectivity index (χ1n) is 22.2. The molecule has 6 rings (SSSR count).